The molecule has 0 atom stereocenters. The quantitative estimate of drug-likeness (QED) is 0.619. The van der Waals surface area contributed by atoms with E-state index >= 15 is 0 Å². The third-order valence-corrected chi connectivity index (χ3v) is 2.64. The molecular weight excluding hydrogens is 245 g/mol. The predicted molar refractivity (Wildman–Crippen MR) is 71.5 cm³/mol. The number of allylic oxidation sites excluding steroid dienone is 1. The summed E-state index contributed by atoms with van der Waals surface area (Å²) in [5.74, 6) is -0.406. The van der Waals surface area contributed by atoms with Crippen LogP contribution < -0.4 is 0 Å². The average Bonchev–Trinajstić information content (AvgIpc) is 2.39. The molecule has 19 heavy (non-hydrogen) atoms. The van der Waals surface area contributed by atoms with Gasteiger partial charge in [-0.3, -0.25) is 10.1 Å². The standard InChI is InChI=1S/C15H12FNO2/c16-14-8-4-7-13(9-14)11-15(17(18)19)10-12-5-2-1-3-6-12/h1-9,11H,10H2. The second-order valence-electron chi connectivity index (χ2n) is 4.11. The minimum Gasteiger partial charge on any atom is -0.259 e. The maximum absolute atomic E-state index is 13.0. The summed E-state index contributed by atoms with van der Waals surface area (Å²) in [6.07, 6.45) is 1.61. The maximum atomic E-state index is 13.0. The monoisotopic (exact) mass is 257 g/mol. The highest BCUT2D eigenvalue weighted by Gasteiger charge is 2.11. The molecule has 0 N–H and O–H groups in total. The minimum atomic E-state index is -0.433. The van der Waals surface area contributed by atoms with E-state index < -0.39 is 10.7 Å². The van der Waals surface area contributed by atoms with Crippen molar-refractivity contribution in [3.8, 4) is 0 Å². The molecule has 0 fully saturated rings. The zero-order valence-corrected chi connectivity index (χ0v) is 10.1. The molecule has 2 rings (SSSR count). The fraction of sp³-hybridized carbons (Fsp3) is 0.0667. The van der Waals surface area contributed by atoms with E-state index in [4.69, 9.17) is 0 Å². The summed E-state index contributed by atoms with van der Waals surface area (Å²) in [6.45, 7) is 0. The van der Waals surface area contributed by atoms with E-state index in [2.05, 4.69) is 0 Å². The lowest BCUT2D eigenvalue weighted by atomic mass is 10.1. The number of nitrogens with zero attached hydrogens (tertiary/aromatic N) is 1. The Labute approximate surface area is 110 Å². The van der Waals surface area contributed by atoms with Crippen LogP contribution in [-0.4, -0.2) is 4.92 Å². The van der Waals surface area contributed by atoms with Crippen molar-refractivity contribution in [2.75, 3.05) is 0 Å². The van der Waals surface area contributed by atoms with Gasteiger partial charge in [-0.1, -0.05) is 42.5 Å². The van der Waals surface area contributed by atoms with Crippen molar-refractivity contribution >= 4 is 6.08 Å². The van der Waals surface area contributed by atoms with Gasteiger partial charge in [0.15, 0.2) is 0 Å². The summed E-state index contributed by atoms with van der Waals surface area (Å²) >= 11 is 0. The van der Waals surface area contributed by atoms with Crippen molar-refractivity contribution in [2.24, 2.45) is 0 Å². The van der Waals surface area contributed by atoms with E-state index in [0.29, 0.717) is 5.56 Å². The largest absolute Gasteiger partial charge is 0.259 e. The average molecular weight is 257 g/mol. The second kappa shape index (κ2) is 5.91. The molecule has 0 unspecified atom stereocenters. The van der Waals surface area contributed by atoms with Gasteiger partial charge in [0.2, 0.25) is 0 Å². The van der Waals surface area contributed by atoms with Crippen molar-refractivity contribution in [3.05, 3.63) is 87.4 Å². The lowest BCUT2D eigenvalue weighted by molar-refractivity contribution is -0.425. The van der Waals surface area contributed by atoms with Crippen LogP contribution in [0.3, 0.4) is 0 Å². The molecule has 0 spiro atoms. The Morgan fingerprint density at radius 2 is 1.89 bits per heavy atom. The van der Waals surface area contributed by atoms with Crippen LogP contribution >= 0.6 is 0 Å². The van der Waals surface area contributed by atoms with Crippen LogP contribution in [0.2, 0.25) is 0 Å². The molecule has 0 aliphatic carbocycles. The van der Waals surface area contributed by atoms with Crippen molar-refractivity contribution < 1.29 is 9.31 Å². The normalized spacial score (nSPS) is 11.3. The zero-order valence-electron chi connectivity index (χ0n) is 10.1. The molecule has 2 aromatic carbocycles. The topological polar surface area (TPSA) is 43.1 Å². The van der Waals surface area contributed by atoms with Gasteiger partial charge in [0.05, 0.1) is 11.3 Å². The number of nitro groups is 1. The molecule has 0 aromatic heterocycles. The molecule has 0 aliphatic heterocycles. The highest BCUT2D eigenvalue weighted by Crippen LogP contribution is 2.14. The Morgan fingerprint density at radius 3 is 2.53 bits per heavy atom. The lowest BCUT2D eigenvalue weighted by Crippen LogP contribution is -2.02. The van der Waals surface area contributed by atoms with Crippen LogP contribution in [0, 0.1) is 15.9 Å². The Hall–Kier alpha value is -2.49. The third-order valence-electron chi connectivity index (χ3n) is 2.64. The van der Waals surface area contributed by atoms with E-state index in [-0.39, 0.29) is 12.1 Å². The Balaban J connectivity index is 2.28. The van der Waals surface area contributed by atoms with Gasteiger partial charge >= 0.3 is 0 Å². The number of rotatable bonds is 4. The highest BCUT2D eigenvalue weighted by molar-refractivity contribution is 5.51. The first-order chi connectivity index (χ1) is 9.15. The summed E-state index contributed by atoms with van der Waals surface area (Å²) in [7, 11) is 0. The Kier molecular flexibility index (Phi) is 4.03. The van der Waals surface area contributed by atoms with Gasteiger partial charge in [-0.05, 0) is 23.3 Å². The lowest BCUT2D eigenvalue weighted by Gasteiger charge is -2.00. The second-order valence-corrected chi connectivity index (χ2v) is 4.11. The SMILES string of the molecule is O=[N+]([O-])C(=Cc1cccc(F)c1)Cc1ccccc1. The molecular formula is C15H12FNO2. The summed E-state index contributed by atoms with van der Waals surface area (Å²) in [6, 6.07) is 14.9. The summed E-state index contributed by atoms with van der Waals surface area (Å²) in [5.41, 5.74) is 1.38. The highest BCUT2D eigenvalue weighted by atomic mass is 19.1. The van der Waals surface area contributed by atoms with Gasteiger partial charge in [-0.15, -0.1) is 0 Å². The van der Waals surface area contributed by atoms with Gasteiger partial charge < -0.3 is 0 Å². The molecule has 3 nitrogen and oxygen atoms in total. The molecule has 0 heterocycles. The van der Waals surface area contributed by atoms with E-state index in [9.17, 15) is 14.5 Å². The molecule has 0 radical (unpaired) electrons. The smallest absolute Gasteiger partial charge is 0.251 e. The molecule has 0 aliphatic rings. The fourth-order valence-electron chi connectivity index (χ4n) is 1.76. The summed E-state index contributed by atoms with van der Waals surface area (Å²) < 4.78 is 13.0. The van der Waals surface area contributed by atoms with Gasteiger partial charge in [0.25, 0.3) is 5.70 Å². The van der Waals surface area contributed by atoms with Crippen molar-refractivity contribution in [1.29, 1.82) is 0 Å². The molecule has 2 aromatic rings. The minimum absolute atomic E-state index is 0.0387. The Bertz CT molecular complexity index is 609. The van der Waals surface area contributed by atoms with Gasteiger partial charge in [-0.25, -0.2) is 4.39 Å². The molecule has 0 saturated carbocycles. The third kappa shape index (κ3) is 3.74. The summed E-state index contributed by atoms with van der Waals surface area (Å²) in [4.78, 5) is 10.6. The molecule has 0 bridgehead atoms. The fourth-order valence-corrected chi connectivity index (χ4v) is 1.76. The van der Waals surface area contributed by atoms with Gasteiger partial charge in [0, 0.05) is 6.08 Å². The summed E-state index contributed by atoms with van der Waals surface area (Å²) in [5, 5.41) is 11.0. The van der Waals surface area contributed by atoms with E-state index in [1.54, 1.807) is 6.07 Å². The molecule has 96 valence electrons. The van der Waals surface area contributed by atoms with Gasteiger partial charge in [0.1, 0.15) is 5.82 Å². The van der Waals surface area contributed by atoms with Crippen LogP contribution in [-0.2, 0) is 6.42 Å². The van der Waals surface area contributed by atoms with Crippen LogP contribution in [0.25, 0.3) is 6.08 Å². The maximum Gasteiger partial charge on any atom is 0.251 e. The van der Waals surface area contributed by atoms with Crippen molar-refractivity contribution in [1.82, 2.24) is 0 Å². The number of halogens is 1. The van der Waals surface area contributed by atoms with Crippen LogP contribution in [0.5, 0.6) is 0 Å². The van der Waals surface area contributed by atoms with Crippen LogP contribution in [0.15, 0.2) is 60.3 Å². The first-order valence-electron chi connectivity index (χ1n) is 5.79. The van der Waals surface area contributed by atoms with Crippen LogP contribution in [0.1, 0.15) is 11.1 Å². The van der Waals surface area contributed by atoms with Crippen molar-refractivity contribution in [2.45, 2.75) is 6.42 Å². The molecule has 0 amide bonds. The van der Waals surface area contributed by atoms with Crippen molar-refractivity contribution in [3.63, 3.8) is 0 Å². The number of hydrogen-bond donors (Lipinski definition) is 0. The first kappa shape index (κ1) is 13.0. The number of benzene rings is 2. The van der Waals surface area contributed by atoms with Crippen LogP contribution in [0.4, 0.5) is 4.39 Å². The molecule has 4 heteroatoms. The van der Waals surface area contributed by atoms with E-state index in [1.165, 1.54) is 24.3 Å². The first-order valence-corrected chi connectivity index (χ1v) is 5.79. The molecule has 0 saturated heterocycles. The zero-order chi connectivity index (χ0) is 13.7. The van der Waals surface area contributed by atoms with E-state index in [1.807, 2.05) is 30.3 Å². The Morgan fingerprint density at radius 1 is 1.16 bits per heavy atom. The predicted octanol–water partition coefficient (Wildman–Crippen LogP) is 3.69. The number of hydrogen-bond acceptors (Lipinski definition) is 2. The van der Waals surface area contributed by atoms with Gasteiger partial charge in [-0.2, -0.15) is 0 Å². The van der Waals surface area contributed by atoms with E-state index in [0.717, 1.165) is 5.56 Å².